The molecule has 0 saturated heterocycles. The Bertz CT molecular complexity index is 677. The van der Waals surface area contributed by atoms with E-state index in [4.69, 9.17) is 4.74 Å². The lowest BCUT2D eigenvalue weighted by Gasteiger charge is -2.14. The lowest BCUT2D eigenvalue weighted by atomic mass is 9.97. The van der Waals surface area contributed by atoms with Gasteiger partial charge in [-0.1, -0.05) is 24.3 Å². The Morgan fingerprint density at radius 1 is 0.957 bits per heavy atom. The molecule has 3 heteroatoms. The first-order chi connectivity index (χ1) is 10.7. The van der Waals surface area contributed by atoms with Crippen molar-refractivity contribution >= 4 is 0 Å². The zero-order chi connectivity index (χ0) is 15.9. The van der Waals surface area contributed by atoms with Crippen LogP contribution in [0.3, 0.4) is 0 Å². The van der Waals surface area contributed by atoms with Crippen LogP contribution in [-0.2, 0) is 12.8 Å². The highest BCUT2D eigenvalue weighted by molar-refractivity contribution is 5.76. The van der Waals surface area contributed by atoms with Crippen molar-refractivity contribution < 1.29 is 26.8 Å². The third kappa shape index (κ3) is 4.73. The Morgan fingerprint density at radius 3 is 2.09 bits per heavy atom. The van der Waals surface area contributed by atoms with Gasteiger partial charge in [-0.25, -0.2) is 0 Å². The summed E-state index contributed by atoms with van der Waals surface area (Å²) in [5.41, 5.74) is 3.94. The number of phenols is 1. The third-order valence-corrected chi connectivity index (χ3v) is 3.46. The smallest absolute Gasteiger partial charge is 0.127 e. The fourth-order valence-corrected chi connectivity index (χ4v) is 2.46. The topological polar surface area (TPSA) is 29.5 Å². The molecular weight excluding hydrogens is 352 g/mol. The largest absolute Gasteiger partial charge is 1.00 e. The summed E-state index contributed by atoms with van der Waals surface area (Å²) in [4.78, 5) is 0. The van der Waals surface area contributed by atoms with Crippen LogP contribution in [0.4, 0.5) is 0 Å². The summed E-state index contributed by atoms with van der Waals surface area (Å²) in [5.74, 6) is 1.03. The van der Waals surface area contributed by atoms with Crippen molar-refractivity contribution in [2.75, 3.05) is 6.61 Å². The van der Waals surface area contributed by atoms with Crippen molar-refractivity contribution in [3.8, 4) is 22.6 Å². The lowest BCUT2D eigenvalue weighted by molar-refractivity contribution is -0.00000597. The van der Waals surface area contributed by atoms with E-state index in [0.29, 0.717) is 6.61 Å². The van der Waals surface area contributed by atoms with Crippen LogP contribution in [0.2, 0.25) is 0 Å². The third-order valence-electron chi connectivity index (χ3n) is 3.46. The zero-order valence-corrected chi connectivity index (χ0v) is 15.0. The van der Waals surface area contributed by atoms with Crippen LogP contribution >= 0.6 is 0 Å². The quantitative estimate of drug-likeness (QED) is 0.751. The van der Waals surface area contributed by atoms with E-state index in [9.17, 15) is 5.11 Å². The molecule has 0 spiro atoms. The van der Waals surface area contributed by atoms with Crippen LogP contribution in [0.25, 0.3) is 11.1 Å². The van der Waals surface area contributed by atoms with Crippen molar-refractivity contribution in [1.82, 2.24) is 0 Å². The predicted octanol–water partition coefficient (Wildman–Crippen LogP) is 1.92. The minimum atomic E-state index is 0. The van der Waals surface area contributed by atoms with Gasteiger partial charge in [0.1, 0.15) is 11.5 Å². The molecule has 0 amide bonds. The molecule has 0 heterocycles. The highest BCUT2D eigenvalue weighted by Gasteiger charge is 2.12. The minimum Gasteiger partial charge on any atom is -1.00 e. The maximum absolute atomic E-state index is 10.3. The molecule has 23 heavy (non-hydrogen) atoms. The second kappa shape index (κ2) is 9.21. The summed E-state index contributed by atoms with van der Waals surface area (Å²) in [6.07, 6.45) is 5.28. The molecule has 0 unspecified atom stereocenters. The van der Waals surface area contributed by atoms with Crippen LogP contribution < -0.4 is 21.7 Å². The molecule has 0 aliphatic heterocycles. The van der Waals surface area contributed by atoms with Crippen LogP contribution in [0.15, 0.2) is 61.7 Å². The standard InChI is InChI=1S/C20H22O2.BrH/c1-4-7-15-9-11-19(21)17(13-15)18-14-16(8-5-2)10-12-20(18)22-6-3;/h4-5,9-14,21H,1-2,6-8H2,3H3;1H/p-1. The summed E-state index contributed by atoms with van der Waals surface area (Å²) in [6, 6.07) is 11.7. The molecule has 0 aromatic heterocycles. The van der Waals surface area contributed by atoms with Crippen LogP contribution in [-0.4, -0.2) is 11.7 Å². The summed E-state index contributed by atoms with van der Waals surface area (Å²) in [5, 5.41) is 10.3. The molecule has 2 rings (SSSR count). The summed E-state index contributed by atoms with van der Waals surface area (Å²) in [7, 11) is 0. The number of rotatable bonds is 7. The highest BCUT2D eigenvalue weighted by Crippen LogP contribution is 2.37. The number of halogens is 1. The molecule has 2 aromatic rings. The van der Waals surface area contributed by atoms with Crippen molar-refractivity contribution in [3.63, 3.8) is 0 Å². The minimum absolute atomic E-state index is 0. The van der Waals surface area contributed by atoms with Crippen LogP contribution in [0, 0.1) is 0 Å². The molecular formula is C20H22BrO2-. The van der Waals surface area contributed by atoms with Crippen molar-refractivity contribution in [3.05, 3.63) is 72.8 Å². The van der Waals surface area contributed by atoms with Gasteiger partial charge in [-0.3, -0.25) is 0 Å². The van der Waals surface area contributed by atoms with E-state index in [1.54, 1.807) is 6.07 Å². The normalized spacial score (nSPS) is 9.78. The molecule has 0 aliphatic carbocycles. The van der Waals surface area contributed by atoms with Crippen LogP contribution in [0.1, 0.15) is 18.1 Å². The summed E-state index contributed by atoms with van der Waals surface area (Å²) >= 11 is 0. The van der Waals surface area contributed by atoms with Crippen LogP contribution in [0.5, 0.6) is 11.5 Å². The van der Waals surface area contributed by atoms with Gasteiger partial charge in [0.25, 0.3) is 0 Å². The molecule has 2 nitrogen and oxygen atoms in total. The van der Waals surface area contributed by atoms with Gasteiger partial charge in [-0.15, -0.1) is 13.2 Å². The SMILES string of the molecule is C=CCc1ccc(O)c(-c2cc(CC=C)ccc2OCC)c1.[Br-]. The summed E-state index contributed by atoms with van der Waals surface area (Å²) < 4.78 is 5.72. The molecule has 1 N–H and O–H groups in total. The molecule has 122 valence electrons. The Morgan fingerprint density at radius 2 is 1.52 bits per heavy atom. The molecule has 0 fully saturated rings. The number of allylic oxidation sites excluding steroid dienone is 2. The van der Waals surface area contributed by atoms with E-state index in [1.165, 1.54) is 0 Å². The van der Waals surface area contributed by atoms with Gasteiger partial charge in [-0.05, 0) is 55.2 Å². The second-order valence-corrected chi connectivity index (χ2v) is 5.10. The van der Waals surface area contributed by atoms with Crippen molar-refractivity contribution in [1.29, 1.82) is 0 Å². The fourth-order valence-electron chi connectivity index (χ4n) is 2.46. The van der Waals surface area contributed by atoms with Crippen molar-refractivity contribution in [2.24, 2.45) is 0 Å². The zero-order valence-electron chi connectivity index (χ0n) is 13.4. The Balaban J connectivity index is 0.00000264. The monoisotopic (exact) mass is 373 g/mol. The first kappa shape index (κ1) is 19.0. The van der Waals surface area contributed by atoms with Gasteiger partial charge < -0.3 is 26.8 Å². The molecule has 0 bridgehead atoms. The highest BCUT2D eigenvalue weighted by atomic mass is 79.9. The average Bonchev–Trinajstić information content (AvgIpc) is 2.51. The first-order valence-corrected chi connectivity index (χ1v) is 7.49. The molecule has 2 aromatic carbocycles. The molecule has 0 saturated carbocycles. The van der Waals surface area contributed by atoms with E-state index in [-0.39, 0.29) is 22.7 Å². The maximum Gasteiger partial charge on any atom is 0.127 e. The van der Waals surface area contributed by atoms with Gasteiger partial charge in [0.15, 0.2) is 0 Å². The number of hydrogen-bond donors (Lipinski definition) is 1. The first-order valence-electron chi connectivity index (χ1n) is 7.49. The second-order valence-electron chi connectivity index (χ2n) is 5.10. The van der Waals surface area contributed by atoms with Gasteiger partial charge in [0, 0.05) is 11.1 Å². The maximum atomic E-state index is 10.3. The Hall–Kier alpha value is -2.00. The predicted molar refractivity (Wildman–Crippen MR) is 92.5 cm³/mol. The van der Waals surface area contributed by atoms with E-state index in [2.05, 4.69) is 19.2 Å². The van der Waals surface area contributed by atoms with E-state index >= 15 is 0 Å². The number of hydrogen-bond acceptors (Lipinski definition) is 2. The average molecular weight is 374 g/mol. The lowest BCUT2D eigenvalue weighted by Crippen LogP contribution is -3.00. The van der Waals surface area contributed by atoms with Gasteiger partial charge in [-0.2, -0.15) is 0 Å². The van der Waals surface area contributed by atoms with Gasteiger partial charge >= 0.3 is 0 Å². The molecule has 0 radical (unpaired) electrons. The van der Waals surface area contributed by atoms with Crippen molar-refractivity contribution in [2.45, 2.75) is 19.8 Å². The number of ether oxygens (including phenoxy) is 1. The Labute approximate surface area is 148 Å². The Kier molecular flexibility index (Phi) is 7.63. The number of benzene rings is 2. The van der Waals surface area contributed by atoms with E-state index in [1.807, 2.05) is 43.3 Å². The molecule has 0 atom stereocenters. The fraction of sp³-hybridized carbons (Fsp3) is 0.200. The summed E-state index contributed by atoms with van der Waals surface area (Å²) in [6.45, 7) is 10.1. The number of phenolic OH excluding ortho intramolecular Hbond substituents is 1. The molecule has 0 aliphatic rings. The van der Waals surface area contributed by atoms with E-state index < -0.39 is 0 Å². The van der Waals surface area contributed by atoms with Gasteiger partial charge in [0.2, 0.25) is 0 Å². The number of aromatic hydroxyl groups is 1. The van der Waals surface area contributed by atoms with E-state index in [0.717, 1.165) is 40.8 Å². The van der Waals surface area contributed by atoms with Gasteiger partial charge in [0.05, 0.1) is 6.61 Å².